The lowest BCUT2D eigenvalue weighted by molar-refractivity contribution is 0.885. The summed E-state index contributed by atoms with van der Waals surface area (Å²) < 4.78 is 0. The van der Waals surface area contributed by atoms with E-state index in [1.165, 1.54) is 0 Å². The van der Waals surface area contributed by atoms with Crippen LogP contribution in [-0.2, 0) is 6.54 Å². The number of nitrogens with zero attached hydrogens (tertiary/aromatic N) is 4. The van der Waals surface area contributed by atoms with Crippen LogP contribution < -0.4 is 5.32 Å². The second-order valence-corrected chi connectivity index (χ2v) is 3.97. The van der Waals surface area contributed by atoms with E-state index in [1.807, 2.05) is 32.0 Å². The predicted octanol–water partition coefficient (Wildman–Crippen LogP) is 1.97. The summed E-state index contributed by atoms with van der Waals surface area (Å²) in [4.78, 5) is 4.28. The van der Waals surface area contributed by atoms with Gasteiger partial charge < -0.3 is 5.32 Å². The number of hydrogen-bond donors (Lipinski definition) is 1. The quantitative estimate of drug-likeness (QED) is 0.886. The molecule has 1 N–H and O–H groups in total. The Hall–Kier alpha value is -2.48. The van der Waals surface area contributed by atoms with Crippen LogP contribution in [0, 0.1) is 25.2 Å². The molecule has 0 spiro atoms. The molecule has 0 saturated carbocycles. The van der Waals surface area contributed by atoms with Crippen molar-refractivity contribution in [2.75, 3.05) is 5.32 Å². The molecule has 0 amide bonds. The van der Waals surface area contributed by atoms with E-state index < -0.39 is 0 Å². The van der Waals surface area contributed by atoms with Crippen LogP contribution >= 0.6 is 0 Å². The zero-order chi connectivity index (χ0) is 13.0. The number of anilines is 1. The highest BCUT2D eigenvalue weighted by Crippen LogP contribution is 2.07. The maximum atomic E-state index is 8.81. The number of nitriles is 1. The molecule has 0 radical (unpaired) electrons. The van der Waals surface area contributed by atoms with Crippen LogP contribution in [0.5, 0.6) is 0 Å². The minimum atomic E-state index is 0.500. The van der Waals surface area contributed by atoms with Crippen LogP contribution in [-0.4, -0.2) is 15.2 Å². The Morgan fingerprint density at radius 1 is 1.22 bits per heavy atom. The second kappa shape index (κ2) is 5.23. The maximum Gasteiger partial charge on any atom is 0.243 e. The fourth-order valence-electron chi connectivity index (χ4n) is 1.46. The largest absolute Gasteiger partial charge is 0.349 e. The van der Waals surface area contributed by atoms with Gasteiger partial charge in [-0.05, 0) is 31.5 Å². The first kappa shape index (κ1) is 12.0. The van der Waals surface area contributed by atoms with Gasteiger partial charge in [-0.3, -0.25) is 0 Å². The van der Waals surface area contributed by atoms with Crippen molar-refractivity contribution in [2.45, 2.75) is 20.4 Å². The first-order chi connectivity index (χ1) is 8.69. The van der Waals surface area contributed by atoms with E-state index in [0.717, 1.165) is 17.0 Å². The summed E-state index contributed by atoms with van der Waals surface area (Å²) in [6.45, 7) is 4.33. The Labute approximate surface area is 106 Å². The molecule has 5 nitrogen and oxygen atoms in total. The van der Waals surface area contributed by atoms with Crippen LogP contribution in [0.2, 0.25) is 0 Å². The lowest BCUT2D eigenvalue weighted by Crippen LogP contribution is -2.07. The number of aryl methyl sites for hydroxylation is 2. The van der Waals surface area contributed by atoms with Crippen LogP contribution in [0.1, 0.15) is 22.5 Å². The van der Waals surface area contributed by atoms with Crippen LogP contribution in [0.3, 0.4) is 0 Å². The Kier molecular flexibility index (Phi) is 3.49. The molecule has 0 aliphatic rings. The van der Waals surface area contributed by atoms with Gasteiger partial charge >= 0.3 is 0 Å². The van der Waals surface area contributed by atoms with Gasteiger partial charge in [0.05, 0.1) is 23.0 Å². The Bertz CT molecular complexity index is 601. The molecule has 0 aliphatic carbocycles. The minimum absolute atomic E-state index is 0.500. The molecule has 1 aromatic carbocycles. The summed E-state index contributed by atoms with van der Waals surface area (Å²) in [7, 11) is 0. The average molecular weight is 239 g/mol. The maximum absolute atomic E-state index is 8.81. The predicted molar refractivity (Wildman–Crippen MR) is 67.8 cm³/mol. The summed E-state index contributed by atoms with van der Waals surface area (Å²) in [6, 6.07) is 9.52. The van der Waals surface area contributed by atoms with Crippen molar-refractivity contribution < 1.29 is 0 Å². The van der Waals surface area contributed by atoms with E-state index in [1.54, 1.807) is 6.07 Å². The van der Waals surface area contributed by atoms with Gasteiger partial charge in [-0.2, -0.15) is 10.4 Å². The summed E-state index contributed by atoms with van der Waals surface area (Å²) in [5, 5.41) is 19.9. The summed E-state index contributed by atoms with van der Waals surface area (Å²) >= 11 is 0. The standard InChI is InChI=1S/C13H13N5/c1-9-10(2)17-18-13(16-9)15-8-12-5-3-4-11(6-12)7-14/h3-6H,8H2,1-2H3,(H,15,16,18). The molecule has 5 heteroatoms. The smallest absolute Gasteiger partial charge is 0.243 e. The Morgan fingerprint density at radius 2 is 2.06 bits per heavy atom. The summed E-state index contributed by atoms with van der Waals surface area (Å²) in [5.41, 5.74) is 3.34. The zero-order valence-electron chi connectivity index (χ0n) is 10.3. The van der Waals surface area contributed by atoms with Gasteiger partial charge in [-0.15, -0.1) is 5.10 Å². The van der Waals surface area contributed by atoms with Crippen LogP contribution in [0.4, 0.5) is 5.95 Å². The average Bonchev–Trinajstić information content (AvgIpc) is 2.40. The summed E-state index contributed by atoms with van der Waals surface area (Å²) in [5.74, 6) is 0.500. The topological polar surface area (TPSA) is 74.5 Å². The summed E-state index contributed by atoms with van der Waals surface area (Å²) in [6.07, 6.45) is 0. The normalized spacial score (nSPS) is 9.83. The fourth-order valence-corrected chi connectivity index (χ4v) is 1.46. The molecule has 0 bridgehead atoms. The van der Waals surface area contributed by atoms with Crippen LogP contribution in [0.15, 0.2) is 24.3 Å². The lowest BCUT2D eigenvalue weighted by Gasteiger charge is -2.05. The first-order valence-electron chi connectivity index (χ1n) is 5.60. The number of aromatic nitrogens is 3. The van der Waals surface area contributed by atoms with E-state index in [2.05, 4.69) is 26.6 Å². The molecule has 2 rings (SSSR count). The Morgan fingerprint density at radius 3 is 2.78 bits per heavy atom. The van der Waals surface area contributed by atoms with Crippen molar-refractivity contribution in [2.24, 2.45) is 0 Å². The SMILES string of the molecule is Cc1nnc(NCc2cccc(C#N)c2)nc1C. The molecular formula is C13H13N5. The van der Waals surface area contributed by atoms with Gasteiger partial charge in [-0.1, -0.05) is 12.1 Å². The minimum Gasteiger partial charge on any atom is -0.349 e. The van der Waals surface area contributed by atoms with E-state index in [9.17, 15) is 0 Å². The van der Waals surface area contributed by atoms with Gasteiger partial charge in [0.25, 0.3) is 0 Å². The van der Waals surface area contributed by atoms with Crippen molar-refractivity contribution in [3.05, 3.63) is 46.8 Å². The first-order valence-corrected chi connectivity index (χ1v) is 5.60. The van der Waals surface area contributed by atoms with Crippen LogP contribution in [0.25, 0.3) is 0 Å². The highest BCUT2D eigenvalue weighted by Gasteiger charge is 2.01. The second-order valence-electron chi connectivity index (χ2n) is 3.97. The molecule has 18 heavy (non-hydrogen) atoms. The third-order valence-electron chi connectivity index (χ3n) is 2.60. The van der Waals surface area contributed by atoms with E-state index in [4.69, 9.17) is 5.26 Å². The van der Waals surface area contributed by atoms with Gasteiger partial charge in [0.15, 0.2) is 0 Å². The molecule has 2 aromatic rings. The van der Waals surface area contributed by atoms with Crippen molar-refractivity contribution in [3.63, 3.8) is 0 Å². The van der Waals surface area contributed by atoms with Gasteiger partial charge in [0.1, 0.15) is 0 Å². The highest BCUT2D eigenvalue weighted by molar-refractivity contribution is 5.35. The van der Waals surface area contributed by atoms with Crippen molar-refractivity contribution in [3.8, 4) is 6.07 Å². The van der Waals surface area contributed by atoms with Crippen molar-refractivity contribution in [1.82, 2.24) is 15.2 Å². The monoisotopic (exact) mass is 239 g/mol. The fraction of sp³-hybridized carbons (Fsp3) is 0.231. The highest BCUT2D eigenvalue weighted by atomic mass is 15.2. The van der Waals surface area contributed by atoms with Crippen molar-refractivity contribution >= 4 is 5.95 Å². The third-order valence-corrected chi connectivity index (χ3v) is 2.60. The van der Waals surface area contributed by atoms with Crippen molar-refractivity contribution in [1.29, 1.82) is 5.26 Å². The molecule has 0 saturated heterocycles. The molecule has 1 heterocycles. The lowest BCUT2D eigenvalue weighted by atomic mass is 10.1. The molecule has 0 fully saturated rings. The molecule has 1 aromatic heterocycles. The van der Waals surface area contributed by atoms with E-state index in [-0.39, 0.29) is 0 Å². The van der Waals surface area contributed by atoms with E-state index >= 15 is 0 Å². The van der Waals surface area contributed by atoms with Gasteiger partial charge in [0, 0.05) is 6.54 Å². The molecule has 0 unspecified atom stereocenters. The molecule has 90 valence electrons. The number of rotatable bonds is 3. The molecule has 0 aliphatic heterocycles. The van der Waals surface area contributed by atoms with Gasteiger partial charge in [0.2, 0.25) is 5.95 Å². The third kappa shape index (κ3) is 2.80. The Balaban J connectivity index is 2.07. The van der Waals surface area contributed by atoms with E-state index in [0.29, 0.717) is 18.1 Å². The number of nitrogens with one attached hydrogen (secondary N) is 1. The van der Waals surface area contributed by atoms with Gasteiger partial charge in [-0.25, -0.2) is 4.98 Å². The zero-order valence-corrected chi connectivity index (χ0v) is 10.3. The molecular weight excluding hydrogens is 226 g/mol. The molecule has 0 atom stereocenters. The number of hydrogen-bond acceptors (Lipinski definition) is 5. The number of benzene rings is 1.